The van der Waals surface area contributed by atoms with Crippen LogP contribution in [0.15, 0.2) is 57.9 Å². The fraction of sp³-hybridized carbons (Fsp3) is 0.0714. The lowest BCUT2D eigenvalue weighted by molar-refractivity contribution is 0.102. The third-order valence-electron chi connectivity index (χ3n) is 2.53. The molecule has 0 fully saturated rings. The smallest absolute Gasteiger partial charge is 0.255 e. The van der Waals surface area contributed by atoms with Crippen molar-refractivity contribution < 1.29 is 9.00 Å². The van der Waals surface area contributed by atoms with Crippen LogP contribution in [0.1, 0.15) is 10.4 Å². The van der Waals surface area contributed by atoms with Crippen molar-refractivity contribution in [2.75, 3.05) is 11.6 Å². The van der Waals surface area contributed by atoms with E-state index in [0.29, 0.717) is 10.5 Å². The Morgan fingerprint density at radius 2 is 1.84 bits per heavy atom. The van der Waals surface area contributed by atoms with Crippen LogP contribution >= 0.6 is 15.9 Å². The predicted octanol–water partition coefficient (Wildman–Crippen LogP) is 3.44. The summed E-state index contributed by atoms with van der Waals surface area (Å²) in [4.78, 5) is 12.7. The first-order valence-corrected chi connectivity index (χ1v) is 7.92. The van der Waals surface area contributed by atoms with Gasteiger partial charge in [0.25, 0.3) is 5.91 Å². The molecule has 0 bridgehead atoms. The average Bonchev–Trinajstić information content (AvgIpc) is 2.39. The molecule has 0 aromatic heterocycles. The molecule has 19 heavy (non-hydrogen) atoms. The van der Waals surface area contributed by atoms with Crippen molar-refractivity contribution in [1.29, 1.82) is 0 Å². The Labute approximate surface area is 122 Å². The van der Waals surface area contributed by atoms with E-state index in [1.54, 1.807) is 30.5 Å². The SMILES string of the molecule is CS(=O)c1ccc(C(=O)Nc2cccc(Br)c2)cc1. The van der Waals surface area contributed by atoms with Crippen molar-refractivity contribution in [3.63, 3.8) is 0 Å². The molecule has 0 saturated heterocycles. The second kappa shape index (κ2) is 6.12. The number of nitrogens with one attached hydrogen (secondary N) is 1. The van der Waals surface area contributed by atoms with Crippen molar-refractivity contribution in [3.8, 4) is 0 Å². The van der Waals surface area contributed by atoms with Crippen molar-refractivity contribution >= 4 is 38.3 Å². The van der Waals surface area contributed by atoms with Gasteiger partial charge in [-0.3, -0.25) is 9.00 Å². The molecule has 2 rings (SSSR count). The van der Waals surface area contributed by atoms with E-state index in [-0.39, 0.29) is 5.91 Å². The minimum atomic E-state index is -1.03. The largest absolute Gasteiger partial charge is 0.322 e. The molecular formula is C14H12BrNO2S. The second-order valence-electron chi connectivity index (χ2n) is 3.94. The highest BCUT2D eigenvalue weighted by Gasteiger charge is 2.07. The second-order valence-corrected chi connectivity index (χ2v) is 6.24. The molecule has 98 valence electrons. The minimum Gasteiger partial charge on any atom is -0.322 e. The van der Waals surface area contributed by atoms with Gasteiger partial charge in [-0.1, -0.05) is 22.0 Å². The van der Waals surface area contributed by atoms with Crippen LogP contribution in [-0.2, 0) is 10.8 Å². The number of hydrogen-bond donors (Lipinski definition) is 1. The van der Waals surface area contributed by atoms with Gasteiger partial charge in [-0.05, 0) is 42.5 Å². The van der Waals surface area contributed by atoms with Gasteiger partial charge >= 0.3 is 0 Å². The van der Waals surface area contributed by atoms with Gasteiger partial charge in [0.15, 0.2) is 0 Å². The summed E-state index contributed by atoms with van der Waals surface area (Å²) >= 11 is 3.35. The molecule has 0 spiro atoms. The number of carbonyl (C=O) groups excluding carboxylic acids is 1. The zero-order chi connectivity index (χ0) is 13.8. The van der Waals surface area contributed by atoms with Crippen LogP contribution in [0, 0.1) is 0 Å². The lowest BCUT2D eigenvalue weighted by atomic mass is 10.2. The summed E-state index contributed by atoms with van der Waals surface area (Å²) in [5, 5.41) is 2.80. The summed E-state index contributed by atoms with van der Waals surface area (Å²) in [7, 11) is -1.03. The zero-order valence-corrected chi connectivity index (χ0v) is 12.6. The van der Waals surface area contributed by atoms with E-state index < -0.39 is 10.8 Å². The van der Waals surface area contributed by atoms with Gasteiger partial charge in [-0.15, -0.1) is 0 Å². The molecule has 0 aliphatic heterocycles. The summed E-state index contributed by atoms with van der Waals surface area (Å²) in [6.45, 7) is 0. The van der Waals surface area contributed by atoms with Crippen molar-refractivity contribution in [2.24, 2.45) is 0 Å². The number of rotatable bonds is 3. The maximum atomic E-state index is 12.0. The normalized spacial score (nSPS) is 11.9. The Morgan fingerprint density at radius 3 is 2.42 bits per heavy atom. The van der Waals surface area contributed by atoms with Gasteiger partial charge in [0.05, 0.1) is 0 Å². The summed E-state index contributed by atoms with van der Waals surface area (Å²) < 4.78 is 12.2. The van der Waals surface area contributed by atoms with Gasteiger partial charge in [-0.25, -0.2) is 0 Å². The molecule has 0 saturated carbocycles. The molecule has 3 nitrogen and oxygen atoms in total. The van der Waals surface area contributed by atoms with Crippen LogP contribution in [0.5, 0.6) is 0 Å². The predicted molar refractivity (Wildman–Crippen MR) is 80.9 cm³/mol. The maximum Gasteiger partial charge on any atom is 0.255 e. The highest BCUT2D eigenvalue weighted by Crippen LogP contribution is 2.17. The fourth-order valence-electron chi connectivity index (χ4n) is 1.57. The number of carbonyl (C=O) groups is 1. The molecule has 1 unspecified atom stereocenters. The molecule has 1 amide bonds. The topological polar surface area (TPSA) is 46.2 Å². The summed E-state index contributed by atoms with van der Waals surface area (Å²) in [6.07, 6.45) is 1.61. The highest BCUT2D eigenvalue weighted by molar-refractivity contribution is 9.10. The van der Waals surface area contributed by atoms with Gasteiger partial charge in [0.1, 0.15) is 0 Å². The molecular weight excluding hydrogens is 326 g/mol. The van der Waals surface area contributed by atoms with Crippen LogP contribution in [0.2, 0.25) is 0 Å². The molecule has 1 atom stereocenters. The van der Waals surface area contributed by atoms with Crippen molar-refractivity contribution in [1.82, 2.24) is 0 Å². The first-order chi connectivity index (χ1) is 9.06. The zero-order valence-electron chi connectivity index (χ0n) is 10.2. The van der Waals surface area contributed by atoms with Gasteiger partial charge in [0.2, 0.25) is 0 Å². The Kier molecular flexibility index (Phi) is 4.50. The van der Waals surface area contributed by atoms with E-state index in [2.05, 4.69) is 21.2 Å². The Bertz CT molecular complexity index is 626. The van der Waals surface area contributed by atoms with Crippen LogP contribution in [0.3, 0.4) is 0 Å². The standard InChI is InChI=1S/C14H12BrNO2S/c1-19(18)13-7-5-10(6-8-13)14(17)16-12-4-2-3-11(15)9-12/h2-9H,1H3,(H,16,17). The van der Waals surface area contributed by atoms with E-state index in [9.17, 15) is 9.00 Å². The number of anilines is 1. The van der Waals surface area contributed by atoms with Crippen LogP contribution in [0.25, 0.3) is 0 Å². The first kappa shape index (κ1) is 14.0. The Morgan fingerprint density at radius 1 is 1.16 bits per heavy atom. The lowest BCUT2D eigenvalue weighted by Gasteiger charge is -2.06. The van der Waals surface area contributed by atoms with E-state index >= 15 is 0 Å². The average molecular weight is 338 g/mol. The van der Waals surface area contributed by atoms with E-state index in [1.807, 2.05) is 24.3 Å². The summed E-state index contributed by atoms with van der Waals surface area (Å²) in [5.41, 5.74) is 1.26. The van der Waals surface area contributed by atoms with Gasteiger partial charge < -0.3 is 5.32 Å². The number of hydrogen-bond acceptors (Lipinski definition) is 2. The Hall–Kier alpha value is -1.46. The monoisotopic (exact) mass is 337 g/mol. The Balaban J connectivity index is 2.14. The van der Waals surface area contributed by atoms with Gasteiger partial charge in [0, 0.05) is 37.7 Å². The maximum absolute atomic E-state index is 12.0. The van der Waals surface area contributed by atoms with Crippen LogP contribution < -0.4 is 5.32 Å². The molecule has 2 aromatic rings. The van der Waals surface area contributed by atoms with Crippen LogP contribution in [0.4, 0.5) is 5.69 Å². The highest BCUT2D eigenvalue weighted by atomic mass is 79.9. The third kappa shape index (κ3) is 3.75. The molecule has 1 N–H and O–H groups in total. The molecule has 0 aliphatic rings. The third-order valence-corrected chi connectivity index (χ3v) is 3.96. The molecule has 0 radical (unpaired) electrons. The molecule has 5 heteroatoms. The van der Waals surface area contributed by atoms with Gasteiger partial charge in [-0.2, -0.15) is 0 Å². The summed E-state index contributed by atoms with van der Waals surface area (Å²) in [5.74, 6) is -0.188. The first-order valence-electron chi connectivity index (χ1n) is 5.56. The number of halogens is 1. The van der Waals surface area contributed by atoms with Crippen molar-refractivity contribution in [3.05, 3.63) is 58.6 Å². The summed E-state index contributed by atoms with van der Waals surface area (Å²) in [6, 6.07) is 14.1. The number of benzene rings is 2. The molecule has 0 heterocycles. The molecule has 0 aliphatic carbocycles. The van der Waals surface area contributed by atoms with Crippen molar-refractivity contribution in [2.45, 2.75) is 4.90 Å². The van der Waals surface area contributed by atoms with E-state index in [4.69, 9.17) is 0 Å². The minimum absolute atomic E-state index is 0.188. The van der Waals surface area contributed by atoms with Crippen LogP contribution in [-0.4, -0.2) is 16.4 Å². The number of amides is 1. The molecule has 2 aromatic carbocycles. The lowest BCUT2D eigenvalue weighted by Crippen LogP contribution is -2.11. The quantitative estimate of drug-likeness (QED) is 0.932. The fourth-order valence-corrected chi connectivity index (χ4v) is 2.49. The van der Waals surface area contributed by atoms with E-state index in [0.717, 1.165) is 10.2 Å². The van der Waals surface area contributed by atoms with E-state index in [1.165, 1.54) is 0 Å².